The molecule has 0 radical (unpaired) electrons. The molecule has 2 heterocycles. The topological polar surface area (TPSA) is 53.1 Å². The zero-order valence-corrected chi connectivity index (χ0v) is 10.9. The second-order valence-electron chi connectivity index (χ2n) is 4.70. The number of rotatable bonds is 4. The summed E-state index contributed by atoms with van der Waals surface area (Å²) in [6.45, 7) is 5.76. The second-order valence-corrected chi connectivity index (χ2v) is 4.70. The number of aromatic nitrogens is 2. The summed E-state index contributed by atoms with van der Waals surface area (Å²) in [6.07, 6.45) is 1.00. The summed E-state index contributed by atoms with van der Waals surface area (Å²) < 4.78 is 0. The molecule has 0 bridgehead atoms. The van der Waals surface area contributed by atoms with Gasteiger partial charge in [0.05, 0.1) is 5.69 Å². The van der Waals surface area contributed by atoms with Crippen molar-refractivity contribution in [3.05, 3.63) is 17.1 Å². The Morgan fingerprint density at radius 3 is 2.94 bits per heavy atom. The number of hydrogen-bond donors (Lipinski definition) is 2. The van der Waals surface area contributed by atoms with Gasteiger partial charge in [-0.15, -0.1) is 0 Å². The van der Waals surface area contributed by atoms with Crippen LogP contribution in [-0.2, 0) is 13.0 Å². The Balaban J connectivity index is 2.12. The Bertz CT molecular complexity index is 389. The number of anilines is 1. The first-order chi connectivity index (χ1) is 8.16. The average Bonchev–Trinajstić information content (AvgIpc) is 2.28. The third-order valence-electron chi connectivity index (χ3n) is 2.90. The first-order valence-electron chi connectivity index (χ1n) is 6.12. The van der Waals surface area contributed by atoms with Crippen LogP contribution in [0, 0.1) is 6.92 Å². The van der Waals surface area contributed by atoms with E-state index in [0.717, 1.165) is 44.2 Å². The highest BCUT2D eigenvalue weighted by molar-refractivity contribution is 5.47. The van der Waals surface area contributed by atoms with Gasteiger partial charge in [-0.05, 0) is 21.0 Å². The lowest BCUT2D eigenvalue weighted by Gasteiger charge is -2.20. The molecule has 5 heteroatoms. The maximum Gasteiger partial charge on any atom is 0.134 e. The van der Waals surface area contributed by atoms with Gasteiger partial charge >= 0.3 is 0 Å². The number of fused-ring (bicyclic) bond motifs is 1. The van der Waals surface area contributed by atoms with Gasteiger partial charge in [0.2, 0.25) is 0 Å². The Labute approximate surface area is 103 Å². The van der Waals surface area contributed by atoms with Gasteiger partial charge < -0.3 is 15.5 Å². The molecule has 0 aromatic carbocycles. The lowest BCUT2D eigenvalue weighted by molar-refractivity contribution is 0.425. The highest BCUT2D eigenvalue weighted by Crippen LogP contribution is 2.19. The van der Waals surface area contributed by atoms with E-state index in [1.807, 2.05) is 6.92 Å². The van der Waals surface area contributed by atoms with Crippen molar-refractivity contribution in [2.24, 2.45) is 0 Å². The molecule has 1 aromatic rings. The molecule has 0 spiro atoms. The molecule has 94 valence electrons. The van der Waals surface area contributed by atoms with Crippen LogP contribution in [0.15, 0.2) is 0 Å². The van der Waals surface area contributed by atoms with E-state index in [1.165, 1.54) is 11.3 Å². The van der Waals surface area contributed by atoms with E-state index in [0.29, 0.717) is 0 Å². The van der Waals surface area contributed by atoms with Gasteiger partial charge in [0.15, 0.2) is 0 Å². The molecule has 1 aliphatic heterocycles. The maximum absolute atomic E-state index is 4.52. The van der Waals surface area contributed by atoms with Crippen molar-refractivity contribution in [2.75, 3.05) is 39.0 Å². The zero-order chi connectivity index (χ0) is 12.3. The van der Waals surface area contributed by atoms with E-state index >= 15 is 0 Å². The van der Waals surface area contributed by atoms with Crippen molar-refractivity contribution < 1.29 is 0 Å². The third-order valence-corrected chi connectivity index (χ3v) is 2.90. The van der Waals surface area contributed by atoms with Crippen LogP contribution in [-0.4, -0.2) is 48.6 Å². The monoisotopic (exact) mass is 235 g/mol. The van der Waals surface area contributed by atoms with Gasteiger partial charge in [0.25, 0.3) is 0 Å². The summed E-state index contributed by atoms with van der Waals surface area (Å²) >= 11 is 0. The van der Waals surface area contributed by atoms with Crippen molar-refractivity contribution in [1.82, 2.24) is 20.2 Å². The molecule has 0 atom stereocenters. The molecule has 0 unspecified atom stereocenters. The van der Waals surface area contributed by atoms with Gasteiger partial charge in [-0.3, -0.25) is 0 Å². The molecule has 2 rings (SSSR count). The van der Waals surface area contributed by atoms with Crippen LogP contribution in [0.4, 0.5) is 5.82 Å². The molecule has 0 amide bonds. The van der Waals surface area contributed by atoms with Crippen molar-refractivity contribution in [3.63, 3.8) is 0 Å². The summed E-state index contributed by atoms with van der Waals surface area (Å²) in [7, 11) is 4.15. The molecule has 0 saturated carbocycles. The van der Waals surface area contributed by atoms with Crippen molar-refractivity contribution in [3.8, 4) is 0 Å². The Morgan fingerprint density at radius 2 is 2.18 bits per heavy atom. The van der Waals surface area contributed by atoms with Crippen molar-refractivity contribution in [2.45, 2.75) is 19.9 Å². The molecular formula is C12H21N5. The lowest BCUT2D eigenvalue weighted by atomic mass is 10.1. The van der Waals surface area contributed by atoms with Crippen LogP contribution in [0.3, 0.4) is 0 Å². The molecular weight excluding hydrogens is 214 g/mol. The molecule has 1 aliphatic rings. The molecule has 0 fully saturated rings. The fourth-order valence-electron chi connectivity index (χ4n) is 2.01. The second kappa shape index (κ2) is 5.42. The number of aryl methyl sites for hydroxylation is 1. The predicted molar refractivity (Wildman–Crippen MR) is 69.2 cm³/mol. The highest BCUT2D eigenvalue weighted by Gasteiger charge is 2.15. The van der Waals surface area contributed by atoms with Crippen LogP contribution in [0.1, 0.15) is 17.1 Å². The van der Waals surface area contributed by atoms with E-state index in [4.69, 9.17) is 0 Å². The standard InChI is InChI=1S/C12H21N5/c1-9-15-11-4-5-13-8-10(11)12(16-9)14-6-7-17(2)3/h13H,4-8H2,1-3H3,(H,14,15,16). The minimum absolute atomic E-state index is 0.859. The smallest absolute Gasteiger partial charge is 0.134 e. The zero-order valence-electron chi connectivity index (χ0n) is 10.9. The average molecular weight is 235 g/mol. The Kier molecular flexibility index (Phi) is 3.91. The SMILES string of the molecule is Cc1nc2c(c(NCCN(C)C)n1)CNCC2. The largest absolute Gasteiger partial charge is 0.368 e. The van der Waals surface area contributed by atoms with Gasteiger partial charge in [-0.1, -0.05) is 0 Å². The molecule has 1 aromatic heterocycles. The van der Waals surface area contributed by atoms with Crippen LogP contribution in [0.5, 0.6) is 0 Å². The van der Waals surface area contributed by atoms with Gasteiger partial charge in [0, 0.05) is 38.2 Å². The van der Waals surface area contributed by atoms with Crippen LogP contribution >= 0.6 is 0 Å². The lowest BCUT2D eigenvalue weighted by Crippen LogP contribution is -2.28. The molecule has 2 N–H and O–H groups in total. The first-order valence-corrected chi connectivity index (χ1v) is 6.12. The Morgan fingerprint density at radius 1 is 1.35 bits per heavy atom. The number of hydrogen-bond acceptors (Lipinski definition) is 5. The fourth-order valence-corrected chi connectivity index (χ4v) is 2.01. The summed E-state index contributed by atoms with van der Waals surface area (Å²) in [4.78, 5) is 11.2. The van der Waals surface area contributed by atoms with Crippen molar-refractivity contribution >= 4 is 5.82 Å². The maximum atomic E-state index is 4.52. The van der Waals surface area contributed by atoms with E-state index in [9.17, 15) is 0 Å². The van der Waals surface area contributed by atoms with Crippen LogP contribution in [0.2, 0.25) is 0 Å². The van der Waals surface area contributed by atoms with Crippen molar-refractivity contribution in [1.29, 1.82) is 0 Å². The molecule has 0 aliphatic carbocycles. The van der Waals surface area contributed by atoms with E-state index in [2.05, 4.69) is 39.6 Å². The predicted octanol–water partition coefficient (Wildman–Crippen LogP) is 0.404. The summed E-state index contributed by atoms with van der Waals surface area (Å²) in [5.74, 6) is 1.86. The summed E-state index contributed by atoms with van der Waals surface area (Å²) in [5, 5.41) is 6.78. The quantitative estimate of drug-likeness (QED) is 0.791. The van der Waals surface area contributed by atoms with E-state index in [-0.39, 0.29) is 0 Å². The van der Waals surface area contributed by atoms with Gasteiger partial charge in [-0.2, -0.15) is 0 Å². The molecule has 17 heavy (non-hydrogen) atoms. The van der Waals surface area contributed by atoms with E-state index in [1.54, 1.807) is 0 Å². The number of likely N-dealkylation sites (N-methyl/N-ethyl adjacent to an activating group) is 1. The minimum atomic E-state index is 0.859. The van der Waals surface area contributed by atoms with E-state index < -0.39 is 0 Å². The normalized spacial score (nSPS) is 14.8. The van der Waals surface area contributed by atoms with Gasteiger partial charge in [-0.25, -0.2) is 9.97 Å². The number of nitrogens with one attached hydrogen (secondary N) is 2. The summed E-state index contributed by atoms with van der Waals surface area (Å²) in [5.41, 5.74) is 2.43. The highest BCUT2D eigenvalue weighted by atomic mass is 15.1. The first kappa shape index (κ1) is 12.3. The summed E-state index contributed by atoms with van der Waals surface area (Å²) in [6, 6.07) is 0. The third kappa shape index (κ3) is 3.14. The molecule has 0 saturated heterocycles. The fraction of sp³-hybridized carbons (Fsp3) is 0.667. The minimum Gasteiger partial charge on any atom is -0.368 e. The Hall–Kier alpha value is -1.20. The number of nitrogens with zero attached hydrogens (tertiary/aromatic N) is 3. The van der Waals surface area contributed by atoms with Gasteiger partial charge in [0.1, 0.15) is 11.6 Å². The van der Waals surface area contributed by atoms with Crippen LogP contribution < -0.4 is 10.6 Å². The van der Waals surface area contributed by atoms with Crippen LogP contribution in [0.25, 0.3) is 0 Å². The molecule has 5 nitrogen and oxygen atoms in total.